The van der Waals surface area contributed by atoms with Crippen LogP contribution in [0.2, 0.25) is 5.02 Å². The molecule has 0 saturated heterocycles. The van der Waals surface area contributed by atoms with Crippen LogP contribution in [0.4, 0.5) is 0 Å². The summed E-state index contributed by atoms with van der Waals surface area (Å²) < 4.78 is 12.4. The number of rotatable bonds is 7. The van der Waals surface area contributed by atoms with Crippen LogP contribution in [0.5, 0.6) is 5.75 Å². The number of benzene rings is 2. The Kier molecular flexibility index (Phi) is 8.28. The molecule has 3 nitrogen and oxygen atoms in total. The predicted molar refractivity (Wildman–Crippen MR) is 118 cm³/mol. The first-order valence-corrected chi connectivity index (χ1v) is 9.50. The van der Waals surface area contributed by atoms with Crippen LogP contribution in [0, 0.1) is 3.57 Å². The van der Waals surface area contributed by atoms with Crippen molar-refractivity contribution in [2.75, 3.05) is 13.7 Å². The molecule has 3 aromatic rings. The molecular weight excluding hydrogens is 484 g/mol. The van der Waals surface area contributed by atoms with Gasteiger partial charge in [0, 0.05) is 9.13 Å². The Morgan fingerprint density at radius 3 is 2.69 bits per heavy atom. The van der Waals surface area contributed by atoms with Gasteiger partial charge in [0.15, 0.2) is 0 Å². The Balaban J connectivity index is 0.00000243. The molecule has 0 spiro atoms. The molecule has 2 aromatic carbocycles. The van der Waals surface area contributed by atoms with Crippen molar-refractivity contribution in [3.63, 3.8) is 0 Å². The van der Waals surface area contributed by atoms with E-state index in [0.29, 0.717) is 11.6 Å². The second-order valence-corrected chi connectivity index (χ2v) is 7.28. The quantitative estimate of drug-likeness (QED) is 0.318. The molecule has 1 aromatic heterocycles. The number of furan rings is 1. The third-order valence-electron chi connectivity index (χ3n) is 3.92. The van der Waals surface area contributed by atoms with E-state index in [1.807, 2.05) is 48.5 Å². The fraction of sp³-hybridized carbons (Fsp3) is 0.200. The second kappa shape index (κ2) is 10.2. The lowest BCUT2D eigenvalue weighted by atomic mass is 10.1. The van der Waals surface area contributed by atoms with Gasteiger partial charge >= 0.3 is 0 Å². The van der Waals surface area contributed by atoms with E-state index < -0.39 is 0 Å². The number of ether oxygens (including phenoxy) is 1. The van der Waals surface area contributed by atoms with Gasteiger partial charge in [-0.1, -0.05) is 29.8 Å². The number of methoxy groups -OCH3 is 1. The van der Waals surface area contributed by atoms with Crippen LogP contribution in [0.1, 0.15) is 11.3 Å². The van der Waals surface area contributed by atoms with Crippen molar-refractivity contribution in [3.8, 4) is 17.1 Å². The van der Waals surface area contributed by atoms with E-state index in [1.165, 1.54) is 5.56 Å². The van der Waals surface area contributed by atoms with Gasteiger partial charge < -0.3 is 14.5 Å². The topological polar surface area (TPSA) is 34.4 Å². The third kappa shape index (κ3) is 5.39. The molecule has 0 fully saturated rings. The summed E-state index contributed by atoms with van der Waals surface area (Å²) in [5.74, 6) is 2.62. The summed E-state index contributed by atoms with van der Waals surface area (Å²) in [5, 5.41) is 4.11. The summed E-state index contributed by atoms with van der Waals surface area (Å²) in [6, 6.07) is 18.0. The first kappa shape index (κ1) is 21.1. The Hall–Kier alpha value is -1.21. The standard InChI is InChI=1S/C20H19ClINO2.ClH/c1-24-19-5-3-2-4-14(19)10-11-23-13-16-7-9-20(25-16)17-8-6-15(22)12-18(17)21;/h2-9,12,23H,10-11,13H2,1H3;1H. The van der Waals surface area contributed by atoms with Crippen molar-refractivity contribution in [3.05, 3.63) is 74.5 Å². The van der Waals surface area contributed by atoms with Gasteiger partial charge in [0.1, 0.15) is 17.3 Å². The summed E-state index contributed by atoms with van der Waals surface area (Å²) >= 11 is 8.55. The molecule has 0 atom stereocenters. The van der Waals surface area contributed by atoms with E-state index in [-0.39, 0.29) is 12.4 Å². The number of hydrogen-bond donors (Lipinski definition) is 1. The zero-order valence-electron chi connectivity index (χ0n) is 14.3. The molecule has 0 aliphatic rings. The third-order valence-corrected chi connectivity index (χ3v) is 4.90. The van der Waals surface area contributed by atoms with Gasteiger partial charge in [-0.15, -0.1) is 12.4 Å². The first-order valence-electron chi connectivity index (χ1n) is 8.04. The van der Waals surface area contributed by atoms with Crippen LogP contribution in [0.3, 0.4) is 0 Å². The van der Waals surface area contributed by atoms with Crippen LogP contribution >= 0.6 is 46.6 Å². The van der Waals surface area contributed by atoms with Crippen molar-refractivity contribution >= 4 is 46.6 Å². The molecule has 6 heteroatoms. The highest BCUT2D eigenvalue weighted by Gasteiger charge is 2.09. The zero-order valence-corrected chi connectivity index (χ0v) is 18.0. The minimum atomic E-state index is 0. The lowest BCUT2D eigenvalue weighted by Crippen LogP contribution is -2.16. The van der Waals surface area contributed by atoms with Crippen molar-refractivity contribution < 1.29 is 9.15 Å². The largest absolute Gasteiger partial charge is 0.496 e. The Bertz CT molecular complexity index is 851. The molecular formula is C20H20Cl2INO2. The molecule has 0 aliphatic heterocycles. The van der Waals surface area contributed by atoms with Gasteiger partial charge in [0.05, 0.1) is 18.7 Å². The average Bonchev–Trinajstić information content (AvgIpc) is 3.07. The summed E-state index contributed by atoms with van der Waals surface area (Å²) in [6.45, 7) is 1.53. The molecule has 1 N–H and O–H groups in total. The normalized spacial score (nSPS) is 10.4. The lowest BCUT2D eigenvalue weighted by molar-refractivity contribution is 0.408. The zero-order chi connectivity index (χ0) is 17.6. The Morgan fingerprint density at radius 1 is 1.12 bits per heavy atom. The van der Waals surface area contributed by atoms with E-state index in [2.05, 4.69) is 34.0 Å². The fourth-order valence-corrected chi connectivity index (χ4v) is 3.60. The predicted octanol–water partition coefficient (Wildman–Crippen LogP) is 5.97. The highest BCUT2D eigenvalue weighted by Crippen LogP contribution is 2.30. The SMILES string of the molecule is COc1ccccc1CCNCc1ccc(-c2ccc(I)cc2Cl)o1.Cl. The maximum Gasteiger partial charge on any atom is 0.135 e. The van der Waals surface area contributed by atoms with Gasteiger partial charge in [0.25, 0.3) is 0 Å². The molecule has 0 saturated carbocycles. The number of para-hydroxylation sites is 1. The highest BCUT2D eigenvalue weighted by atomic mass is 127. The number of hydrogen-bond acceptors (Lipinski definition) is 3. The maximum atomic E-state index is 6.30. The minimum Gasteiger partial charge on any atom is -0.496 e. The van der Waals surface area contributed by atoms with E-state index in [9.17, 15) is 0 Å². The average molecular weight is 504 g/mol. The van der Waals surface area contributed by atoms with Crippen molar-refractivity contribution in [2.45, 2.75) is 13.0 Å². The van der Waals surface area contributed by atoms with Crippen molar-refractivity contribution in [1.82, 2.24) is 5.32 Å². The number of nitrogens with one attached hydrogen (secondary N) is 1. The maximum absolute atomic E-state index is 6.30. The number of halogens is 3. The van der Waals surface area contributed by atoms with Crippen LogP contribution in [-0.4, -0.2) is 13.7 Å². The second-order valence-electron chi connectivity index (χ2n) is 5.63. The van der Waals surface area contributed by atoms with Crippen molar-refractivity contribution in [1.29, 1.82) is 0 Å². The monoisotopic (exact) mass is 503 g/mol. The van der Waals surface area contributed by atoms with Crippen LogP contribution < -0.4 is 10.1 Å². The van der Waals surface area contributed by atoms with Crippen LogP contribution in [0.15, 0.2) is 59.0 Å². The molecule has 1 heterocycles. The van der Waals surface area contributed by atoms with Crippen LogP contribution in [-0.2, 0) is 13.0 Å². The Labute approximate surface area is 178 Å². The fourth-order valence-electron chi connectivity index (χ4n) is 2.65. The molecule has 26 heavy (non-hydrogen) atoms. The Morgan fingerprint density at radius 2 is 1.92 bits per heavy atom. The molecule has 0 unspecified atom stereocenters. The first-order chi connectivity index (χ1) is 12.2. The van der Waals surface area contributed by atoms with Gasteiger partial charge in [-0.2, -0.15) is 0 Å². The van der Waals surface area contributed by atoms with Crippen LogP contribution in [0.25, 0.3) is 11.3 Å². The molecule has 0 amide bonds. The summed E-state index contributed by atoms with van der Waals surface area (Å²) in [4.78, 5) is 0. The van der Waals surface area contributed by atoms with E-state index >= 15 is 0 Å². The van der Waals surface area contributed by atoms with E-state index in [1.54, 1.807) is 7.11 Å². The molecule has 0 aliphatic carbocycles. The van der Waals surface area contributed by atoms with E-state index in [4.69, 9.17) is 20.8 Å². The van der Waals surface area contributed by atoms with E-state index in [0.717, 1.165) is 39.4 Å². The summed E-state index contributed by atoms with van der Waals surface area (Å²) in [7, 11) is 1.70. The highest BCUT2D eigenvalue weighted by molar-refractivity contribution is 14.1. The minimum absolute atomic E-state index is 0. The lowest BCUT2D eigenvalue weighted by Gasteiger charge is -2.08. The summed E-state index contributed by atoms with van der Waals surface area (Å²) in [5.41, 5.74) is 2.12. The van der Waals surface area contributed by atoms with Gasteiger partial charge in [0.2, 0.25) is 0 Å². The van der Waals surface area contributed by atoms with Gasteiger partial charge in [-0.25, -0.2) is 0 Å². The molecule has 0 bridgehead atoms. The van der Waals surface area contributed by atoms with Gasteiger partial charge in [-0.3, -0.25) is 0 Å². The van der Waals surface area contributed by atoms with Gasteiger partial charge in [-0.05, 0) is 77.5 Å². The summed E-state index contributed by atoms with van der Waals surface area (Å²) in [6.07, 6.45) is 0.903. The molecule has 3 rings (SSSR count). The van der Waals surface area contributed by atoms with Crippen molar-refractivity contribution in [2.24, 2.45) is 0 Å². The molecule has 0 radical (unpaired) electrons. The molecule has 138 valence electrons. The smallest absolute Gasteiger partial charge is 0.135 e.